The van der Waals surface area contributed by atoms with Gasteiger partial charge in [-0.25, -0.2) is 0 Å². The van der Waals surface area contributed by atoms with Crippen molar-refractivity contribution in [2.75, 3.05) is 23.9 Å². The number of hydrogen-bond acceptors (Lipinski definition) is 3. The fourth-order valence-electron chi connectivity index (χ4n) is 1.86. The second-order valence-electron chi connectivity index (χ2n) is 4.81. The third kappa shape index (κ3) is 5.15. The maximum absolute atomic E-state index is 12.3. The summed E-state index contributed by atoms with van der Waals surface area (Å²) >= 11 is 1.74. The van der Waals surface area contributed by atoms with Crippen LogP contribution in [0.25, 0.3) is 0 Å². The van der Waals surface area contributed by atoms with Crippen LogP contribution >= 0.6 is 11.8 Å². The quantitative estimate of drug-likeness (QED) is 0.805. The van der Waals surface area contributed by atoms with Crippen LogP contribution in [0.15, 0.2) is 18.2 Å². The molecule has 0 aromatic heterocycles. The summed E-state index contributed by atoms with van der Waals surface area (Å²) in [5.41, 5.74) is 2.81. The number of aryl methyl sites for hydroxylation is 1. The van der Waals surface area contributed by atoms with Gasteiger partial charge in [0.15, 0.2) is 0 Å². The molecule has 1 amide bonds. The first-order chi connectivity index (χ1) is 9.08. The highest BCUT2D eigenvalue weighted by Gasteiger charge is 2.13. The predicted molar refractivity (Wildman–Crippen MR) is 85.3 cm³/mol. The molecule has 2 N–H and O–H groups in total. The summed E-state index contributed by atoms with van der Waals surface area (Å²) < 4.78 is 0. The van der Waals surface area contributed by atoms with Gasteiger partial charge in [0.1, 0.15) is 0 Å². The van der Waals surface area contributed by atoms with Gasteiger partial charge in [0.05, 0.1) is 5.56 Å². The third-order valence-corrected chi connectivity index (χ3v) is 3.61. The van der Waals surface area contributed by atoms with Crippen molar-refractivity contribution in [3.05, 3.63) is 29.3 Å². The number of carbonyl (C=O) groups excluding carboxylic acids is 1. The minimum absolute atomic E-state index is 0.000142. The molecule has 0 bridgehead atoms. The van der Waals surface area contributed by atoms with Gasteiger partial charge in [-0.05, 0) is 44.2 Å². The van der Waals surface area contributed by atoms with Crippen LogP contribution in [0.5, 0.6) is 0 Å². The molecule has 0 spiro atoms. The van der Waals surface area contributed by atoms with E-state index in [2.05, 4.69) is 17.6 Å². The van der Waals surface area contributed by atoms with E-state index in [1.54, 1.807) is 11.8 Å². The van der Waals surface area contributed by atoms with Crippen molar-refractivity contribution in [1.29, 1.82) is 0 Å². The largest absolute Gasteiger partial charge is 0.384 e. The van der Waals surface area contributed by atoms with Gasteiger partial charge < -0.3 is 10.6 Å². The fourth-order valence-corrected chi connectivity index (χ4v) is 2.44. The first-order valence-corrected chi connectivity index (χ1v) is 8.12. The lowest BCUT2D eigenvalue weighted by Crippen LogP contribution is -2.34. The summed E-state index contributed by atoms with van der Waals surface area (Å²) in [5.74, 6) is 0.926. The van der Waals surface area contributed by atoms with E-state index >= 15 is 0 Å². The molecule has 0 aliphatic heterocycles. The van der Waals surface area contributed by atoms with Gasteiger partial charge >= 0.3 is 0 Å². The number of carbonyl (C=O) groups is 1. The van der Waals surface area contributed by atoms with Crippen molar-refractivity contribution in [3.63, 3.8) is 0 Å². The number of hydrogen-bond donors (Lipinski definition) is 2. The van der Waals surface area contributed by atoms with Gasteiger partial charge in [-0.1, -0.05) is 13.0 Å². The average molecular weight is 280 g/mol. The highest BCUT2D eigenvalue weighted by Crippen LogP contribution is 2.18. The minimum atomic E-state index is 0.000142. The van der Waals surface area contributed by atoms with Gasteiger partial charge in [-0.3, -0.25) is 4.79 Å². The van der Waals surface area contributed by atoms with Crippen LogP contribution in [0.2, 0.25) is 0 Å². The summed E-state index contributed by atoms with van der Waals surface area (Å²) in [7, 11) is 0. The highest BCUT2D eigenvalue weighted by atomic mass is 32.2. The molecule has 0 fully saturated rings. The predicted octanol–water partition coefficient (Wildman–Crippen LogP) is 3.30. The molecule has 0 aliphatic carbocycles. The molecule has 0 heterocycles. The lowest BCUT2D eigenvalue weighted by Gasteiger charge is -2.16. The number of amides is 1. The van der Waals surface area contributed by atoms with E-state index < -0.39 is 0 Å². The smallest absolute Gasteiger partial charge is 0.253 e. The van der Waals surface area contributed by atoms with Gasteiger partial charge in [0.2, 0.25) is 0 Å². The standard InChI is InChI=1S/C15H24N2OS/c1-5-8-16-14-9-11(2)6-7-13(14)15(18)17-12(3)10-19-4/h6-7,9,12,16H,5,8,10H2,1-4H3,(H,17,18). The van der Waals surface area contributed by atoms with Gasteiger partial charge in [-0.15, -0.1) is 0 Å². The van der Waals surface area contributed by atoms with Crippen LogP contribution in [0.1, 0.15) is 36.2 Å². The number of anilines is 1. The lowest BCUT2D eigenvalue weighted by atomic mass is 10.1. The Kier molecular flexibility index (Phi) is 6.78. The van der Waals surface area contributed by atoms with Crippen molar-refractivity contribution in [3.8, 4) is 0 Å². The lowest BCUT2D eigenvalue weighted by molar-refractivity contribution is 0.0944. The zero-order valence-corrected chi connectivity index (χ0v) is 13.1. The van der Waals surface area contributed by atoms with E-state index in [-0.39, 0.29) is 11.9 Å². The van der Waals surface area contributed by atoms with E-state index in [0.29, 0.717) is 0 Å². The van der Waals surface area contributed by atoms with Crippen LogP contribution in [-0.4, -0.2) is 30.5 Å². The van der Waals surface area contributed by atoms with Crippen molar-refractivity contribution in [1.82, 2.24) is 5.32 Å². The third-order valence-electron chi connectivity index (χ3n) is 2.78. The van der Waals surface area contributed by atoms with Gasteiger partial charge in [-0.2, -0.15) is 11.8 Å². The van der Waals surface area contributed by atoms with Crippen molar-refractivity contribution in [2.24, 2.45) is 0 Å². The molecule has 1 aromatic carbocycles. The van der Waals surface area contributed by atoms with Crippen LogP contribution in [0, 0.1) is 6.92 Å². The Hall–Kier alpha value is -1.16. The molecule has 0 aliphatic rings. The Bertz CT molecular complexity index is 421. The fraction of sp³-hybridized carbons (Fsp3) is 0.533. The first-order valence-electron chi connectivity index (χ1n) is 6.72. The number of thioether (sulfide) groups is 1. The maximum Gasteiger partial charge on any atom is 0.253 e. The van der Waals surface area contributed by atoms with Crippen molar-refractivity contribution in [2.45, 2.75) is 33.2 Å². The molecule has 4 heteroatoms. The minimum Gasteiger partial charge on any atom is -0.384 e. The normalized spacial score (nSPS) is 12.0. The topological polar surface area (TPSA) is 41.1 Å². The number of benzene rings is 1. The molecule has 0 radical (unpaired) electrons. The summed E-state index contributed by atoms with van der Waals surface area (Å²) in [6, 6.07) is 6.09. The Morgan fingerprint density at radius 3 is 2.79 bits per heavy atom. The maximum atomic E-state index is 12.3. The zero-order valence-electron chi connectivity index (χ0n) is 12.2. The van der Waals surface area contributed by atoms with Crippen molar-refractivity contribution >= 4 is 23.4 Å². The molecule has 0 saturated heterocycles. The SMILES string of the molecule is CCCNc1cc(C)ccc1C(=O)NC(C)CSC. The second-order valence-corrected chi connectivity index (χ2v) is 5.72. The highest BCUT2D eigenvalue weighted by molar-refractivity contribution is 7.98. The first kappa shape index (κ1) is 15.9. The molecule has 1 unspecified atom stereocenters. The molecule has 1 aromatic rings. The van der Waals surface area contributed by atoms with Crippen LogP contribution in [0.3, 0.4) is 0 Å². The monoisotopic (exact) mass is 280 g/mol. The molecular formula is C15H24N2OS. The number of rotatable bonds is 7. The van der Waals surface area contributed by atoms with Gasteiger partial charge in [0, 0.05) is 24.0 Å². The molecule has 106 valence electrons. The van der Waals surface area contributed by atoms with Gasteiger partial charge in [0.25, 0.3) is 5.91 Å². The molecular weight excluding hydrogens is 256 g/mol. The molecule has 0 saturated carbocycles. The number of nitrogens with one attached hydrogen (secondary N) is 2. The molecule has 19 heavy (non-hydrogen) atoms. The Labute approximate surface area is 120 Å². The Morgan fingerprint density at radius 1 is 1.42 bits per heavy atom. The zero-order chi connectivity index (χ0) is 14.3. The van der Waals surface area contributed by atoms with Crippen molar-refractivity contribution < 1.29 is 4.79 Å². The van der Waals surface area contributed by atoms with Crippen LogP contribution in [0.4, 0.5) is 5.69 Å². The average Bonchev–Trinajstić information content (AvgIpc) is 2.36. The van der Waals surface area contributed by atoms with E-state index in [1.807, 2.05) is 38.3 Å². The summed E-state index contributed by atoms with van der Waals surface area (Å²) in [5, 5.41) is 6.36. The van der Waals surface area contributed by atoms with E-state index in [0.717, 1.165) is 35.5 Å². The summed E-state index contributed by atoms with van der Waals surface area (Å²) in [6.07, 6.45) is 3.08. The Morgan fingerprint density at radius 2 is 2.16 bits per heavy atom. The second kappa shape index (κ2) is 8.10. The summed E-state index contributed by atoms with van der Waals surface area (Å²) in [4.78, 5) is 12.3. The van der Waals surface area contributed by atoms with Crippen LogP contribution in [-0.2, 0) is 0 Å². The van der Waals surface area contributed by atoms with Crippen LogP contribution < -0.4 is 10.6 Å². The summed E-state index contributed by atoms with van der Waals surface area (Å²) in [6.45, 7) is 7.06. The molecule has 1 rings (SSSR count). The van der Waals surface area contributed by atoms with E-state index in [1.165, 1.54) is 0 Å². The molecule has 1 atom stereocenters. The van der Waals surface area contributed by atoms with E-state index in [4.69, 9.17) is 0 Å². The molecule has 3 nitrogen and oxygen atoms in total. The Balaban J connectivity index is 2.82. The van der Waals surface area contributed by atoms with E-state index in [9.17, 15) is 4.79 Å².